The van der Waals surface area contributed by atoms with Gasteiger partial charge in [0, 0.05) is 25.0 Å². The van der Waals surface area contributed by atoms with Gasteiger partial charge in [0.25, 0.3) is 0 Å². The minimum Gasteiger partial charge on any atom is -0.365 e. The number of hydrogen-bond acceptors (Lipinski definition) is 3. The first-order chi connectivity index (χ1) is 11.7. The minimum absolute atomic E-state index is 0.304. The van der Waals surface area contributed by atoms with Gasteiger partial charge in [-0.15, -0.1) is 0 Å². The van der Waals surface area contributed by atoms with E-state index in [-0.39, 0.29) is 0 Å². The fraction of sp³-hybridized carbons (Fsp3) is 0.250. The molecule has 0 saturated heterocycles. The van der Waals surface area contributed by atoms with E-state index in [1.807, 2.05) is 12.1 Å². The highest BCUT2D eigenvalue weighted by Crippen LogP contribution is 2.30. The number of anilines is 1. The van der Waals surface area contributed by atoms with Crippen LogP contribution >= 0.6 is 0 Å². The van der Waals surface area contributed by atoms with Crippen LogP contribution in [0.1, 0.15) is 22.7 Å². The van der Waals surface area contributed by atoms with Crippen LogP contribution in [0.5, 0.6) is 0 Å². The van der Waals surface area contributed by atoms with E-state index in [4.69, 9.17) is 0 Å². The van der Waals surface area contributed by atoms with E-state index in [1.54, 1.807) is 0 Å². The number of carbonyl (C=O) groups is 1. The Balaban J connectivity index is 1.86. The standard InChI is InChI=1S/C20H23N3O/c1-22(2)14-20(16-6-4-3-5-7-16)23-11-10-17-12-19(21-15-24)9-8-18(17)13-23/h3-12,15,20H,13-14H2,1-2H3,(H,21,24)/t20-/m1/s1. The van der Waals surface area contributed by atoms with E-state index in [1.165, 1.54) is 11.1 Å². The molecule has 3 rings (SSSR count). The summed E-state index contributed by atoms with van der Waals surface area (Å²) in [6, 6.07) is 17.0. The predicted molar refractivity (Wildman–Crippen MR) is 98.4 cm³/mol. The first-order valence-corrected chi connectivity index (χ1v) is 8.14. The number of likely N-dealkylation sites (N-methyl/N-ethyl adjacent to an activating group) is 1. The van der Waals surface area contributed by atoms with Crippen molar-refractivity contribution in [3.63, 3.8) is 0 Å². The maximum atomic E-state index is 10.6. The van der Waals surface area contributed by atoms with E-state index < -0.39 is 0 Å². The van der Waals surface area contributed by atoms with Crippen LogP contribution in [0.2, 0.25) is 0 Å². The number of benzene rings is 2. The summed E-state index contributed by atoms with van der Waals surface area (Å²) in [6.07, 6.45) is 5.00. The molecule has 0 saturated carbocycles. The zero-order valence-corrected chi connectivity index (χ0v) is 14.1. The topological polar surface area (TPSA) is 35.6 Å². The van der Waals surface area contributed by atoms with Crippen molar-refractivity contribution in [2.24, 2.45) is 0 Å². The van der Waals surface area contributed by atoms with Crippen molar-refractivity contribution in [3.8, 4) is 0 Å². The minimum atomic E-state index is 0.304. The first-order valence-electron chi connectivity index (χ1n) is 8.14. The molecule has 0 aliphatic carbocycles. The van der Waals surface area contributed by atoms with Crippen LogP contribution in [-0.2, 0) is 11.3 Å². The Morgan fingerprint density at radius 1 is 1.21 bits per heavy atom. The highest BCUT2D eigenvalue weighted by molar-refractivity contribution is 5.73. The van der Waals surface area contributed by atoms with Crippen molar-refractivity contribution in [2.45, 2.75) is 12.6 Å². The highest BCUT2D eigenvalue weighted by Gasteiger charge is 2.21. The number of nitrogens with zero attached hydrogens (tertiary/aromatic N) is 2. The van der Waals surface area contributed by atoms with Crippen molar-refractivity contribution in [1.82, 2.24) is 9.80 Å². The van der Waals surface area contributed by atoms with Gasteiger partial charge >= 0.3 is 0 Å². The van der Waals surface area contributed by atoms with Gasteiger partial charge in [-0.25, -0.2) is 0 Å². The molecule has 0 radical (unpaired) electrons. The summed E-state index contributed by atoms with van der Waals surface area (Å²) in [5, 5.41) is 2.71. The van der Waals surface area contributed by atoms with Crippen LogP contribution in [-0.4, -0.2) is 36.9 Å². The lowest BCUT2D eigenvalue weighted by atomic mass is 9.99. The first kappa shape index (κ1) is 16.3. The summed E-state index contributed by atoms with van der Waals surface area (Å²) < 4.78 is 0. The molecular weight excluding hydrogens is 298 g/mol. The molecule has 1 atom stereocenters. The maximum Gasteiger partial charge on any atom is 0.211 e. The third-order valence-corrected chi connectivity index (χ3v) is 4.29. The summed E-state index contributed by atoms with van der Waals surface area (Å²) in [5.74, 6) is 0. The molecule has 0 spiro atoms. The van der Waals surface area contributed by atoms with Crippen LogP contribution in [0.4, 0.5) is 5.69 Å². The van der Waals surface area contributed by atoms with Gasteiger partial charge in [0.1, 0.15) is 0 Å². The lowest BCUT2D eigenvalue weighted by Gasteiger charge is -2.35. The molecular formula is C20H23N3O. The largest absolute Gasteiger partial charge is 0.365 e. The Morgan fingerprint density at radius 3 is 2.71 bits per heavy atom. The van der Waals surface area contributed by atoms with Crippen LogP contribution in [0.3, 0.4) is 0 Å². The molecule has 1 aliphatic heterocycles. The van der Waals surface area contributed by atoms with E-state index in [0.29, 0.717) is 12.5 Å². The SMILES string of the molecule is CN(C)C[C@H](c1ccccc1)N1C=Cc2cc(NC=O)ccc2C1. The number of rotatable bonds is 6. The molecule has 0 unspecified atom stereocenters. The Bertz CT molecular complexity index is 725. The molecule has 1 heterocycles. The van der Waals surface area contributed by atoms with Gasteiger partial charge in [-0.3, -0.25) is 4.79 Å². The fourth-order valence-electron chi connectivity index (χ4n) is 3.11. The van der Waals surface area contributed by atoms with Crippen molar-refractivity contribution in [2.75, 3.05) is 26.0 Å². The predicted octanol–water partition coefficient (Wildman–Crippen LogP) is 3.34. The van der Waals surface area contributed by atoms with Gasteiger partial charge in [-0.2, -0.15) is 0 Å². The lowest BCUT2D eigenvalue weighted by molar-refractivity contribution is -0.105. The number of fused-ring (bicyclic) bond motifs is 1. The number of hydrogen-bond donors (Lipinski definition) is 1. The average molecular weight is 321 g/mol. The normalized spacial score (nSPS) is 14.4. The van der Waals surface area contributed by atoms with E-state index >= 15 is 0 Å². The Hall–Kier alpha value is -2.59. The second kappa shape index (κ2) is 7.32. The summed E-state index contributed by atoms with van der Waals surface area (Å²) in [4.78, 5) is 15.2. The van der Waals surface area contributed by atoms with Gasteiger partial charge in [0.05, 0.1) is 6.04 Å². The molecule has 0 bridgehead atoms. The molecule has 1 N–H and O–H groups in total. The van der Waals surface area contributed by atoms with Gasteiger partial charge in [-0.05, 0) is 49.0 Å². The third kappa shape index (κ3) is 3.66. The van der Waals surface area contributed by atoms with Crippen LogP contribution in [0.15, 0.2) is 54.7 Å². The quantitative estimate of drug-likeness (QED) is 0.829. The molecule has 0 fully saturated rings. The van der Waals surface area contributed by atoms with E-state index in [2.05, 4.69) is 77.9 Å². The number of nitrogens with one attached hydrogen (secondary N) is 1. The second-order valence-corrected chi connectivity index (χ2v) is 6.35. The Morgan fingerprint density at radius 2 is 2.00 bits per heavy atom. The molecule has 4 nitrogen and oxygen atoms in total. The second-order valence-electron chi connectivity index (χ2n) is 6.35. The third-order valence-electron chi connectivity index (χ3n) is 4.29. The Labute approximate surface area is 143 Å². The van der Waals surface area contributed by atoms with Crippen molar-refractivity contribution >= 4 is 18.2 Å². The number of carbonyl (C=O) groups excluding carboxylic acids is 1. The van der Waals surface area contributed by atoms with Crippen molar-refractivity contribution in [3.05, 3.63) is 71.4 Å². The Kier molecular flexibility index (Phi) is 4.96. The maximum absolute atomic E-state index is 10.6. The lowest BCUT2D eigenvalue weighted by Crippen LogP contribution is -2.33. The smallest absolute Gasteiger partial charge is 0.211 e. The molecule has 1 aliphatic rings. The summed E-state index contributed by atoms with van der Waals surface area (Å²) in [6.45, 7) is 1.81. The van der Waals surface area contributed by atoms with Gasteiger partial charge in [0.15, 0.2) is 0 Å². The summed E-state index contributed by atoms with van der Waals surface area (Å²) in [5.41, 5.74) is 4.58. The molecule has 124 valence electrons. The van der Waals surface area contributed by atoms with Crippen molar-refractivity contribution in [1.29, 1.82) is 0 Å². The van der Waals surface area contributed by atoms with Gasteiger partial charge in [-0.1, -0.05) is 36.4 Å². The van der Waals surface area contributed by atoms with Gasteiger partial charge < -0.3 is 15.1 Å². The molecule has 1 amide bonds. The van der Waals surface area contributed by atoms with Crippen LogP contribution in [0, 0.1) is 0 Å². The fourth-order valence-corrected chi connectivity index (χ4v) is 3.11. The van der Waals surface area contributed by atoms with E-state index in [0.717, 1.165) is 24.3 Å². The summed E-state index contributed by atoms with van der Waals surface area (Å²) >= 11 is 0. The van der Waals surface area contributed by atoms with Crippen molar-refractivity contribution < 1.29 is 4.79 Å². The van der Waals surface area contributed by atoms with Gasteiger partial charge in [0.2, 0.25) is 6.41 Å². The van der Waals surface area contributed by atoms with Crippen LogP contribution < -0.4 is 5.32 Å². The molecule has 24 heavy (non-hydrogen) atoms. The van der Waals surface area contributed by atoms with E-state index in [9.17, 15) is 4.79 Å². The molecule has 2 aromatic carbocycles. The average Bonchev–Trinajstić information content (AvgIpc) is 2.60. The molecule has 0 aromatic heterocycles. The summed E-state index contributed by atoms with van der Waals surface area (Å²) in [7, 11) is 4.21. The number of amides is 1. The highest BCUT2D eigenvalue weighted by atomic mass is 16.1. The molecule has 4 heteroatoms. The molecule has 2 aromatic rings. The monoisotopic (exact) mass is 321 g/mol. The van der Waals surface area contributed by atoms with Crippen LogP contribution in [0.25, 0.3) is 6.08 Å². The zero-order chi connectivity index (χ0) is 16.9. The zero-order valence-electron chi connectivity index (χ0n) is 14.1.